The maximum atomic E-state index is 12.7. The topological polar surface area (TPSA) is 95.0 Å². The molecule has 0 atom stereocenters. The van der Waals surface area contributed by atoms with E-state index in [9.17, 15) is 18.0 Å². The predicted molar refractivity (Wildman–Crippen MR) is 86.5 cm³/mol. The first-order chi connectivity index (χ1) is 11.3. The highest BCUT2D eigenvalue weighted by Crippen LogP contribution is 2.31. The summed E-state index contributed by atoms with van der Waals surface area (Å²) in [5.74, 6) is -1.06. The van der Waals surface area contributed by atoms with Crippen LogP contribution in [0.5, 0.6) is 0 Å². The molecule has 9 heteroatoms. The Kier molecular flexibility index (Phi) is 4.54. The molecule has 0 radical (unpaired) electrons. The molecule has 0 aromatic heterocycles. The zero-order valence-corrected chi connectivity index (χ0v) is 14.4. The molecule has 1 aromatic carbocycles. The van der Waals surface area contributed by atoms with Crippen LogP contribution in [0.3, 0.4) is 0 Å². The molecule has 0 spiro atoms. The van der Waals surface area contributed by atoms with E-state index in [-0.39, 0.29) is 40.4 Å². The molecule has 1 aromatic rings. The van der Waals surface area contributed by atoms with Crippen molar-refractivity contribution in [3.8, 4) is 0 Å². The number of hydrogen-bond acceptors (Lipinski definition) is 4. The summed E-state index contributed by atoms with van der Waals surface area (Å²) in [7, 11) is -3.82. The lowest BCUT2D eigenvalue weighted by Crippen LogP contribution is -2.50. The predicted octanol–water partition coefficient (Wildman–Crippen LogP) is 1.28. The number of rotatable bonds is 4. The first kappa shape index (κ1) is 17.2. The van der Waals surface area contributed by atoms with E-state index in [1.807, 2.05) is 0 Å². The van der Waals surface area contributed by atoms with Crippen LogP contribution < -0.4 is 0 Å². The third-order valence-corrected chi connectivity index (χ3v) is 6.51. The van der Waals surface area contributed by atoms with Crippen molar-refractivity contribution < 1.29 is 23.1 Å². The summed E-state index contributed by atoms with van der Waals surface area (Å²) in [6, 6.07) is 3.64. The molecule has 2 aliphatic rings. The number of carbonyl (C=O) groups excluding carboxylic acids is 1. The number of aromatic carboxylic acids is 1. The minimum absolute atomic E-state index is 0.0127. The molecule has 1 amide bonds. The maximum absolute atomic E-state index is 12.7. The lowest BCUT2D eigenvalue weighted by molar-refractivity contribution is -0.133. The number of carbonyl (C=O) groups is 2. The molecule has 1 saturated heterocycles. The normalized spacial score (nSPS) is 19.3. The monoisotopic (exact) mass is 372 g/mol. The summed E-state index contributed by atoms with van der Waals surface area (Å²) < 4.78 is 26.6. The summed E-state index contributed by atoms with van der Waals surface area (Å²) >= 11 is 5.78. The van der Waals surface area contributed by atoms with E-state index in [1.54, 1.807) is 4.90 Å². The van der Waals surface area contributed by atoms with E-state index in [0.29, 0.717) is 13.1 Å². The molecule has 1 heterocycles. The summed E-state index contributed by atoms with van der Waals surface area (Å²) in [5, 5.41) is 9.07. The van der Waals surface area contributed by atoms with E-state index in [1.165, 1.54) is 16.4 Å². The van der Waals surface area contributed by atoms with Crippen LogP contribution in [0.1, 0.15) is 23.2 Å². The number of hydrogen-bond donors (Lipinski definition) is 1. The van der Waals surface area contributed by atoms with Crippen molar-refractivity contribution in [1.82, 2.24) is 9.21 Å². The molecule has 0 bridgehead atoms. The third kappa shape index (κ3) is 3.26. The molecule has 1 N–H and O–H groups in total. The summed E-state index contributed by atoms with van der Waals surface area (Å²) in [6.07, 6.45) is 1.83. The Balaban J connectivity index is 1.75. The fraction of sp³-hybridized carbons (Fsp3) is 0.467. The van der Waals surface area contributed by atoms with Crippen molar-refractivity contribution in [3.05, 3.63) is 28.8 Å². The number of piperazine rings is 1. The van der Waals surface area contributed by atoms with Gasteiger partial charge in [0.05, 0.1) is 15.5 Å². The number of halogens is 1. The smallest absolute Gasteiger partial charge is 0.337 e. The van der Waals surface area contributed by atoms with Crippen LogP contribution in [0.15, 0.2) is 23.1 Å². The maximum Gasteiger partial charge on any atom is 0.337 e. The molecule has 1 aliphatic carbocycles. The number of carboxylic acids is 1. The Morgan fingerprint density at radius 2 is 1.75 bits per heavy atom. The third-order valence-electron chi connectivity index (χ3n) is 4.28. The minimum atomic E-state index is -3.82. The number of sulfonamides is 1. The fourth-order valence-electron chi connectivity index (χ4n) is 2.72. The quantitative estimate of drug-likeness (QED) is 0.859. The lowest BCUT2D eigenvalue weighted by Gasteiger charge is -2.34. The molecule has 130 valence electrons. The zero-order valence-electron chi connectivity index (χ0n) is 12.8. The number of benzene rings is 1. The molecule has 7 nitrogen and oxygen atoms in total. The second-order valence-corrected chi connectivity index (χ2v) is 8.30. The summed E-state index contributed by atoms with van der Waals surface area (Å²) in [6.45, 7) is 1.11. The Labute approximate surface area is 144 Å². The van der Waals surface area contributed by atoms with Gasteiger partial charge in [0, 0.05) is 32.1 Å². The van der Waals surface area contributed by atoms with E-state index < -0.39 is 16.0 Å². The van der Waals surface area contributed by atoms with Gasteiger partial charge in [0.25, 0.3) is 0 Å². The standard InChI is InChI=1S/C15H17ClN2O5S/c16-13-4-3-11(9-12(13)15(20)21)24(22,23)18-7-5-17(6-8-18)14(19)10-1-2-10/h3-4,9-10H,1-2,5-8H2,(H,20,21). The molecule has 1 saturated carbocycles. The highest BCUT2D eigenvalue weighted by Gasteiger charge is 2.36. The van der Waals surface area contributed by atoms with Crippen LogP contribution in [-0.2, 0) is 14.8 Å². The highest BCUT2D eigenvalue weighted by molar-refractivity contribution is 7.89. The lowest BCUT2D eigenvalue weighted by atomic mass is 10.2. The minimum Gasteiger partial charge on any atom is -0.478 e. The number of nitrogens with zero attached hydrogens (tertiary/aromatic N) is 2. The SMILES string of the molecule is O=C(O)c1cc(S(=O)(=O)N2CCN(C(=O)C3CC3)CC2)ccc1Cl. The molecule has 24 heavy (non-hydrogen) atoms. The van der Waals surface area contributed by atoms with Gasteiger partial charge in [0.1, 0.15) is 0 Å². The van der Waals surface area contributed by atoms with Crippen molar-refractivity contribution in [1.29, 1.82) is 0 Å². The summed E-state index contributed by atoms with van der Waals surface area (Å²) in [5.41, 5.74) is -0.250. The zero-order chi connectivity index (χ0) is 17.5. The van der Waals surface area contributed by atoms with Crippen LogP contribution >= 0.6 is 11.6 Å². The van der Waals surface area contributed by atoms with Crippen molar-refractivity contribution in [2.45, 2.75) is 17.7 Å². The summed E-state index contributed by atoms with van der Waals surface area (Å²) in [4.78, 5) is 24.7. The first-order valence-electron chi connectivity index (χ1n) is 7.62. The van der Waals surface area contributed by atoms with Crippen LogP contribution in [0, 0.1) is 5.92 Å². The molecule has 1 aliphatic heterocycles. The van der Waals surface area contributed by atoms with Crippen LogP contribution in [0.4, 0.5) is 0 Å². The van der Waals surface area contributed by atoms with Gasteiger partial charge in [-0.3, -0.25) is 4.79 Å². The van der Waals surface area contributed by atoms with Gasteiger partial charge < -0.3 is 10.0 Å². The molecular weight excluding hydrogens is 356 g/mol. The van der Waals surface area contributed by atoms with Gasteiger partial charge >= 0.3 is 5.97 Å². The van der Waals surface area contributed by atoms with E-state index in [2.05, 4.69) is 0 Å². The number of amides is 1. The van der Waals surface area contributed by atoms with Crippen molar-refractivity contribution in [2.75, 3.05) is 26.2 Å². The molecular formula is C15H17ClN2O5S. The van der Waals surface area contributed by atoms with E-state index >= 15 is 0 Å². The van der Waals surface area contributed by atoms with E-state index in [0.717, 1.165) is 18.9 Å². The van der Waals surface area contributed by atoms with Gasteiger partial charge in [-0.15, -0.1) is 0 Å². The fourth-order valence-corrected chi connectivity index (χ4v) is 4.36. The Morgan fingerprint density at radius 3 is 2.29 bits per heavy atom. The average molecular weight is 373 g/mol. The largest absolute Gasteiger partial charge is 0.478 e. The van der Waals surface area contributed by atoms with Crippen LogP contribution in [0.25, 0.3) is 0 Å². The van der Waals surface area contributed by atoms with Crippen LogP contribution in [-0.4, -0.2) is 60.8 Å². The molecule has 3 rings (SSSR count). The Morgan fingerprint density at radius 1 is 1.12 bits per heavy atom. The van der Waals surface area contributed by atoms with E-state index in [4.69, 9.17) is 16.7 Å². The highest BCUT2D eigenvalue weighted by atomic mass is 35.5. The van der Waals surface area contributed by atoms with Crippen molar-refractivity contribution in [2.24, 2.45) is 5.92 Å². The first-order valence-corrected chi connectivity index (χ1v) is 9.44. The van der Waals surface area contributed by atoms with Gasteiger partial charge in [0.2, 0.25) is 15.9 Å². The van der Waals surface area contributed by atoms with Gasteiger partial charge in [-0.2, -0.15) is 4.31 Å². The second kappa shape index (κ2) is 6.34. The van der Waals surface area contributed by atoms with Crippen molar-refractivity contribution in [3.63, 3.8) is 0 Å². The van der Waals surface area contributed by atoms with Gasteiger partial charge in [-0.25, -0.2) is 13.2 Å². The van der Waals surface area contributed by atoms with Crippen molar-refractivity contribution >= 4 is 33.5 Å². The molecule has 0 unspecified atom stereocenters. The second-order valence-electron chi connectivity index (χ2n) is 5.95. The number of carboxylic acid groups (broad SMARTS) is 1. The van der Waals surface area contributed by atoms with Gasteiger partial charge in [-0.05, 0) is 31.0 Å². The Bertz CT molecular complexity index is 783. The average Bonchev–Trinajstić information content (AvgIpc) is 3.39. The van der Waals surface area contributed by atoms with Gasteiger partial charge in [0.15, 0.2) is 0 Å². The van der Waals surface area contributed by atoms with Crippen LogP contribution in [0.2, 0.25) is 5.02 Å². The Hall–Kier alpha value is -1.64. The molecule has 2 fully saturated rings. The van der Waals surface area contributed by atoms with Gasteiger partial charge in [-0.1, -0.05) is 11.6 Å².